The molecule has 0 aliphatic carbocycles. The molecular weight excluding hydrogens is 245 g/mol. The molecule has 1 aromatic heterocycles. The summed E-state index contributed by atoms with van der Waals surface area (Å²) in [5.41, 5.74) is 1.28. The van der Waals surface area contributed by atoms with E-state index < -0.39 is 5.82 Å². The molecule has 1 saturated heterocycles. The third-order valence-electron chi connectivity index (χ3n) is 3.00. The Balaban J connectivity index is 2.07. The fraction of sp³-hybridized carbons (Fsp3) is 0.455. The van der Waals surface area contributed by atoms with E-state index in [1.54, 1.807) is 4.68 Å². The van der Waals surface area contributed by atoms with Gasteiger partial charge in [-0.2, -0.15) is 0 Å². The lowest BCUT2D eigenvalue weighted by Crippen LogP contribution is -2.22. The third-order valence-corrected chi connectivity index (χ3v) is 3.28. The van der Waals surface area contributed by atoms with Crippen LogP contribution < -0.4 is 0 Å². The van der Waals surface area contributed by atoms with Gasteiger partial charge in [0.25, 0.3) is 0 Å². The van der Waals surface area contributed by atoms with Gasteiger partial charge in [-0.05, 0) is 18.9 Å². The molecule has 0 N–H and O–H groups in total. The first-order valence-electron chi connectivity index (χ1n) is 5.53. The number of hydrogen-bond donors (Lipinski definition) is 0. The van der Waals surface area contributed by atoms with Crippen LogP contribution in [0.3, 0.4) is 0 Å². The van der Waals surface area contributed by atoms with Crippen molar-refractivity contribution in [3.05, 3.63) is 23.0 Å². The van der Waals surface area contributed by atoms with Crippen LogP contribution in [0.5, 0.6) is 0 Å². The van der Waals surface area contributed by atoms with E-state index in [2.05, 4.69) is 10.3 Å². The number of hydrogen-bond acceptors (Lipinski definition) is 3. The lowest BCUT2D eigenvalue weighted by atomic mass is 10.1. The second-order valence-electron chi connectivity index (χ2n) is 4.16. The van der Waals surface area contributed by atoms with Gasteiger partial charge in [0.2, 0.25) is 0 Å². The van der Waals surface area contributed by atoms with Crippen molar-refractivity contribution in [1.82, 2.24) is 15.0 Å². The van der Waals surface area contributed by atoms with Gasteiger partial charge in [0, 0.05) is 12.7 Å². The van der Waals surface area contributed by atoms with Crippen molar-refractivity contribution in [3.8, 4) is 0 Å². The van der Waals surface area contributed by atoms with E-state index in [1.807, 2.05) is 0 Å². The zero-order valence-corrected chi connectivity index (χ0v) is 9.82. The van der Waals surface area contributed by atoms with Gasteiger partial charge in [0.1, 0.15) is 11.3 Å². The minimum atomic E-state index is -0.445. The SMILES string of the molecule is Fc1cc2c(cc1Cl)nnn2C1CCCOC1. The summed E-state index contributed by atoms with van der Waals surface area (Å²) in [5, 5.41) is 8.14. The molecule has 1 fully saturated rings. The summed E-state index contributed by atoms with van der Waals surface area (Å²) >= 11 is 5.71. The quantitative estimate of drug-likeness (QED) is 0.786. The average Bonchev–Trinajstić information content (AvgIpc) is 2.74. The maximum absolute atomic E-state index is 13.4. The molecule has 17 heavy (non-hydrogen) atoms. The summed E-state index contributed by atoms with van der Waals surface area (Å²) < 4.78 is 20.6. The monoisotopic (exact) mass is 255 g/mol. The highest BCUT2D eigenvalue weighted by atomic mass is 35.5. The molecular formula is C11H11ClFN3O. The van der Waals surface area contributed by atoms with Crippen LogP contribution in [0.2, 0.25) is 5.02 Å². The molecule has 0 spiro atoms. The third kappa shape index (κ3) is 1.89. The van der Waals surface area contributed by atoms with Crippen LogP contribution in [0.4, 0.5) is 4.39 Å². The smallest absolute Gasteiger partial charge is 0.144 e. The van der Waals surface area contributed by atoms with Crippen LogP contribution in [0.1, 0.15) is 18.9 Å². The maximum Gasteiger partial charge on any atom is 0.144 e. The molecule has 1 unspecified atom stereocenters. The normalized spacial score (nSPS) is 20.9. The fourth-order valence-electron chi connectivity index (χ4n) is 2.12. The van der Waals surface area contributed by atoms with Gasteiger partial charge in [-0.3, -0.25) is 0 Å². The molecule has 0 saturated carbocycles. The average molecular weight is 256 g/mol. The number of ether oxygens (including phenoxy) is 1. The molecule has 1 atom stereocenters. The van der Waals surface area contributed by atoms with Crippen LogP contribution in [0, 0.1) is 5.82 Å². The maximum atomic E-state index is 13.4. The van der Waals surface area contributed by atoms with Crippen molar-refractivity contribution in [2.75, 3.05) is 13.2 Å². The number of aromatic nitrogens is 3. The topological polar surface area (TPSA) is 39.9 Å². The van der Waals surface area contributed by atoms with E-state index in [9.17, 15) is 4.39 Å². The van der Waals surface area contributed by atoms with E-state index in [0.29, 0.717) is 17.6 Å². The molecule has 0 bridgehead atoms. The van der Waals surface area contributed by atoms with Crippen LogP contribution >= 0.6 is 11.6 Å². The number of fused-ring (bicyclic) bond motifs is 1. The number of benzene rings is 1. The summed E-state index contributed by atoms with van der Waals surface area (Å²) in [6.45, 7) is 1.38. The van der Waals surface area contributed by atoms with E-state index in [4.69, 9.17) is 16.3 Å². The van der Waals surface area contributed by atoms with Crippen molar-refractivity contribution in [2.45, 2.75) is 18.9 Å². The Morgan fingerprint density at radius 1 is 1.47 bits per heavy atom. The van der Waals surface area contributed by atoms with Gasteiger partial charge in [-0.1, -0.05) is 16.8 Å². The minimum absolute atomic E-state index is 0.0736. The summed E-state index contributed by atoms with van der Waals surface area (Å²) in [7, 11) is 0. The van der Waals surface area contributed by atoms with E-state index in [-0.39, 0.29) is 11.1 Å². The molecule has 3 rings (SSSR count). The Morgan fingerprint density at radius 2 is 2.35 bits per heavy atom. The fourth-order valence-corrected chi connectivity index (χ4v) is 2.28. The highest BCUT2D eigenvalue weighted by Gasteiger charge is 2.20. The molecule has 0 amide bonds. The van der Waals surface area contributed by atoms with Crippen LogP contribution in [0.25, 0.3) is 11.0 Å². The first-order chi connectivity index (χ1) is 8.25. The number of rotatable bonds is 1. The van der Waals surface area contributed by atoms with Crippen molar-refractivity contribution >= 4 is 22.6 Å². The predicted molar refractivity (Wildman–Crippen MR) is 61.6 cm³/mol. The van der Waals surface area contributed by atoms with Gasteiger partial charge in [-0.15, -0.1) is 5.10 Å². The van der Waals surface area contributed by atoms with Crippen molar-refractivity contribution in [1.29, 1.82) is 0 Å². The number of halogens is 2. The molecule has 1 aliphatic heterocycles. The van der Waals surface area contributed by atoms with E-state index in [1.165, 1.54) is 12.1 Å². The van der Waals surface area contributed by atoms with Gasteiger partial charge in [0.05, 0.1) is 23.2 Å². The summed E-state index contributed by atoms with van der Waals surface area (Å²) in [5.74, 6) is -0.445. The highest BCUT2D eigenvalue weighted by molar-refractivity contribution is 6.31. The molecule has 2 aromatic rings. The van der Waals surface area contributed by atoms with Gasteiger partial charge >= 0.3 is 0 Å². The second kappa shape index (κ2) is 4.23. The molecule has 4 nitrogen and oxygen atoms in total. The lowest BCUT2D eigenvalue weighted by Gasteiger charge is -2.22. The Morgan fingerprint density at radius 3 is 3.12 bits per heavy atom. The first kappa shape index (κ1) is 10.9. The molecule has 1 aromatic carbocycles. The largest absolute Gasteiger partial charge is 0.379 e. The Kier molecular flexibility index (Phi) is 2.72. The van der Waals surface area contributed by atoms with Gasteiger partial charge in [-0.25, -0.2) is 9.07 Å². The molecule has 2 heterocycles. The van der Waals surface area contributed by atoms with E-state index >= 15 is 0 Å². The molecule has 0 radical (unpaired) electrons. The molecule has 90 valence electrons. The molecule has 1 aliphatic rings. The zero-order valence-electron chi connectivity index (χ0n) is 9.07. The van der Waals surface area contributed by atoms with Gasteiger partial charge < -0.3 is 4.74 Å². The standard InChI is InChI=1S/C11H11ClFN3O/c12-8-4-10-11(5-9(8)13)16(15-14-10)7-2-1-3-17-6-7/h4-5,7H,1-3,6H2. The van der Waals surface area contributed by atoms with E-state index in [0.717, 1.165) is 19.4 Å². The Bertz CT molecular complexity index is 551. The Hall–Kier alpha value is -1.20. The predicted octanol–water partition coefficient (Wildman–Crippen LogP) is 2.58. The van der Waals surface area contributed by atoms with Crippen molar-refractivity contribution in [3.63, 3.8) is 0 Å². The number of nitrogens with zero attached hydrogens (tertiary/aromatic N) is 3. The van der Waals surface area contributed by atoms with Crippen LogP contribution in [-0.2, 0) is 4.74 Å². The molecule has 6 heteroatoms. The summed E-state index contributed by atoms with van der Waals surface area (Å²) in [6.07, 6.45) is 1.96. The first-order valence-corrected chi connectivity index (χ1v) is 5.91. The van der Waals surface area contributed by atoms with Crippen LogP contribution in [-0.4, -0.2) is 28.2 Å². The van der Waals surface area contributed by atoms with Gasteiger partial charge in [0.15, 0.2) is 0 Å². The Labute approximate surface area is 102 Å². The summed E-state index contributed by atoms with van der Waals surface area (Å²) in [4.78, 5) is 0. The second-order valence-corrected chi connectivity index (χ2v) is 4.57. The zero-order chi connectivity index (χ0) is 11.8. The minimum Gasteiger partial charge on any atom is -0.379 e. The highest BCUT2D eigenvalue weighted by Crippen LogP contribution is 2.26. The summed E-state index contributed by atoms with van der Waals surface area (Å²) in [6, 6.07) is 3.01. The van der Waals surface area contributed by atoms with Crippen LogP contribution in [0.15, 0.2) is 12.1 Å². The van der Waals surface area contributed by atoms with Crippen molar-refractivity contribution in [2.24, 2.45) is 0 Å². The lowest BCUT2D eigenvalue weighted by molar-refractivity contribution is 0.0558. The van der Waals surface area contributed by atoms with Crippen molar-refractivity contribution < 1.29 is 9.13 Å².